The van der Waals surface area contributed by atoms with Crippen molar-refractivity contribution in [1.82, 2.24) is 0 Å². The number of aliphatic hydroxyl groups is 8. The van der Waals surface area contributed by atoms with Gasteiger partial charge in [0.25, 0.3) is 0 Å². The summed E-state index contributed by atoms with van der Waals surface area (Å²) >= 11 is 0. The Balaban J connectivity index is 2.93. The second-order valence-corrected chi connectivity index (χ2v) is 7.87. The van der Waals surface area contributed by atoms with Gasteiger partial charge in [-0.1, -0.05) is 20.8 Å². The number of rotatable bonds is 8. The standard InChI is InChI=1S/C16H32O10/c1-16(2,3)4-7(19)10(21)14(8(20)5-17)26-15-13(24)12(23)11(22)9(6-18)25-15/h7-15,17-24H,4-6H2,1-3H3/t7-,8+,9+,10+,11-,12-,13+,14+,15-/m0/s1. The molecule has 0 aromatic rings. The molecule has 0 spiro atoms. The van der Waals surface area contributed by atoms with Crippen molar-refractivity contribution in [2.24, 2.45) is 5.41 Å². The smallest absolute Gasteiger partial charge is 0.187 e. The van der Waals surface area contributed by atoms with E-state index in [9.17, 15) is 40.9 Å². The van der Waals surface area contributed by atoms with E-state index in [1.807, 2.05) is 20.8 Å². The van der Waals surface area contributed by atoms with E-state index in [1.165, 1.54) is 0 Å². The Kier molecular flexibility index (Phi) is 8.81. The van der Waals surface area contributed by atoms with E-state index >= 15 is 0 Å². The third-order valence-corrected chi connectivity index (χ3v) is 4.26. The summed E-state index contributed by atoms with van der Waals surface area (Å²) in [5.74, 6) is 0. The molecule has 9 atom stereocenters. The summed E-state index contributed by atoms with van der Waals surface area (Å²) in [6.45, 7) is 4.02. The molecule has 0 saturated carbocycles. The Bertz CT molecular complexity index is 412. The van der Waals surface area contributed by atoms with E-state index in [0.717, 1.165) is 0 Å². The van der Waals surface area contributed by atoms with Gasteiger partial charge >= 0.3 is 0 Å². The maximum atomic E-state index is 10.4. The Morgan fingerprint density at radius 1 is 0.923 bits per heavy atom. The first-order valence-electron chi connectivity index (χ1n) is 8.54. The van der Waals surface area contributed by atoms with Gasteiger partial charge in [0.1, 0.15) is 42.7 Å². The molecule has 0 unspecified atom stereocenters. The molecule has 1 aliphatic heterocycles. The van der Waals surface area contributed by atoms with Gasteiger partial charge in [-0.05, 0) is 11.8 Å². The van der Waals surface area contributed by atoms with E-state index in [2.05, 4.69) is 0 Å². The van der Waals surface area contributed by atoms with Crippen LogP contribution in [0.15, 0.2) is 0 Å². The molecule has 0 radical (unpaired) electrons. The fourth-order valence-electron chi connectivity index (χ4n) is 2.80. The van der Waals surface area contributed by atoms with Crippen LogP contribution in [-0.2, 0) is 9.47 Å². The zero-order valence-electron chi connectivity index (χ0n) is 15.2. The maximum absolute atomic E-state index is 10.4. The van der Waals surface area contributed by atoms with Crippen LogP contribution in [0.25, 0.3) is 0 Å². The highest BCUT2D eigenvalue weighted by atomic mass is 16.7. The van der Waals surface area contributed by atoms with Crippen LogP contribution < -0.4 is 0 Å². The SMILES string of the molecule is CC(C)(C)C[C@H](O)[C@@H](O)[C@H](O[C@@H]1O[C@H](CO)[C@H](O)[C@H](O)[C@H]1O)[C@H](O)CO. The van der Waals surface area contributed by atoms with Crippen molar-refractivity contribution in [3.8, 4) is 0 Å². The summed E-state index contributed by atoms with van der Waals surface area (Å²) < 4.78 is 10.5. The van der Waals surface area contributed by atoms with Gasteiger partial charge in [-0.3, -0.25) is 0 Å². The van der Waals surface area contributed by atoms with E-state index < -0.39 is 68.3 Å². The lowest BCUT2D eigenvalue weighted by Gasteiger charge is -2.42. The minimum absolute atomic E-state index is 0.154. The van der Waals surface area contributed by atoms with E-state index in [4.69, 9.17) is 9.47 Å². The summed E-state index contributed by atoms with van der Waals surface area (Å²) in [6, 6.07) is 0. The van der Waals surface area contributed by atoms with Crippen molar-refractivity contribution >= 4 is 0 Å². The molecule has 0 aromatic carbocycles. The van der Waals surface area contributed by atoms with Crippen molar-refractivity contribution in [3.05, 3.63) is 0 Å². The molecule has 1 heterocycles. The fourth-order valence-corrected chi connectivity index (χ4v) is 2.80. The highest BCUT2D eigenvalue weighted by Gasteiger charge is 2.46. The summed E-state index contributed by atoms with van der Waals surface area (Å²) in [5.41, 5.74) is -0.349. The Morgan fingerprint density at radius 2 is 1.50 bits per heavy atom. The first-order valence-corrected chi connectivity index (χ1v) is 8.54. The zero-order chi connectivity index (χ0) is 20.2. The van der Waals surface area contributed by atoms with Gasteiger partial charge in [0.2, 0.25) is 0 Å². The number of aliphatic hydroxyl groups excluding tert-OH is 8. The molecule has 8 N–H and O–H groups in total. The molecule has 0 bridgehead atoms. The van der Waals surface area contributed by atoms with Gasteiger partial charge in [-0.25, -0.2) is 0 Å². The molecule has 10 heteroatoms. The van der Waals surface area contributed by atoms with Crippen LogP contribution in [0.3, 0.4) is 0 Å². The molecule has 1 rings (SSSR count). The molecule has 0 aliphatic carbocycles. The highest BCUT2D eigenvalue weighted by molar-refractivity contribution is 4.91. The zero-order valence-corrected chi connectivity index (χ0v) is 15.2. The van der Waals surface area contributed by atoms with Gasteiger partial charge < -0.3 is 50.3 Å². The Morgan fingerprint density at radius 3 is 1.96 bits per heavy atom. The number of hydrogen-bond donors (Lipinski definition) is 8. The molecule has 1 aliphatic rings. The van der Waals surface area contributed by atoms with E-state index in [-0.39, 0.29) is 11.8 Å². The molecule has 10 nitrogen and oxygen atoms in total. The topological polar surface area (TPSA) is 180 Å². The summed E-state index contributed by atoms with van der Waals surface area (Å²) in [7, 11) is 0. The minimum Gasteiger partial charge on any atom is -0.394 e. The van der Waals surface area contributed by atoms with Crippen molar-refractivity contribution in [1.29, 1.82) is 0 Å². The quantitative estimate of drug-likeness (QED) is 0.211. The lowest BCUT2D eigenvalue weighted by atomic mass is 9.86. The predicted molar refractivity (Wildman–Crippen MR) is 87.8 cm³/mol. The van der Waals surface area contributed by atoms with Crippen LogP contribution in [0.4, 0.5) is 0 Å². The molecule has 1 saturated heterocycles. The molecular weight excluding hydrogens is 352 g/mol. The predicted octanol–water partition coefficient (Wildman–Crippen LogP) is -3.32. The lowest BCUT2D eigenvalue weighted by molar-refractivity contribution is -0.327. The van der Waals surface area contributed by atoms with Crippen LogP contribution in [0.1, 0.15) is 27.2 Å². The van der Waals surface area contributed by atoms with Crippen molar-refractivity contribution in [2.75, 3.05) is 13.2 Å². The van der Waals surface area contributed by atoms with Crippen LogP contribution in [0, 0.1) is 5.41 Å². The third kappa shape index (κ3) is 6.06. The van der Waals surface area contributed by atoms with Gasteiger partial charge in [-0.15, -0.1) is 0 Å². The molecule has 0 amide bonds. The van der Waals surface area contributed by atoms with Crippen molar-refractivity contribution in [2.45, 2.75) is 82.3 Å². The Hall–Kier alpha value is -0.400. The van der Waals surface area contributed by atoms with Gasteiger partial charge in [-0.2, -0.15) is 0 Å². The van der Waals surface area contributed by atoms with Crippen LogP contribution >= 0.6 is 0 Å². The van der Waals surface area contributed by atoms with Gasteiger partial charge in [0.05, 0.1) is 19.3 Å². The summed E-state index contributed by atoms with van der Waals surface area (Å²) in [4.78, 5) is 0. The second-order valence-electron chi connectivity index (χ2n) is 7.87. The van der Waals surface area contributed by atoms with E-state index in [0.29, 0.717) is 0 Å². The van der Waals surface area contributed by atoms with E-state index in [1.54, 1.807) is 0 Å². The minimum atomic E-state index is -1.74. The van der Waals surface area contributed by atoms with Crippen LogP contribution in [0.5, 0.6) is 0 Å². The second kappa shape index (κ2) is 9.69. The monoisotopic (exact) mass is 384 g/mol. The normalized spacial score (nSPS) is 35.0. The average Bonchev–Trinajstić information content (AvgIpc) is 2.56. The molecule has 0 aromatic heterocycles. The molecular formula is C16H32O10. The average molecular weight is 384 g/mol. The summed E-state index contributed by atoms with van der Waals surface area (Å²) in [6.07, 6.45) is -13.9. The first-order chi connectivity index (χ1) is 11.9. The highest BCUT2D eigenvalue weighted by Crippen LogP contribution is 2.27. The summed E-state index contributed by atoms with van der Waals surface area (Å²) in [5, 5.41) is 78.4. The third-order valence-electron chi connectivity index (χ3n) is 4.26. The Labute approximate surface area is 152 Å². The first kappa shape index (κ1) is 23.6. The van der Waals surface area contributed by atoms with Gasteiger partial charge in [0, 0.05) is 0 Å². The van der Waals surface area contributed by atoms with Crippen molar-refractivity contribution in [3.63, 3.8) is 0 Å². The molecule has 156 valence electrons. The van der Waals surface area contributed by atoms with Crippen LogP contribution in [0.2, 0.25) is 0 Å². The number of hydrogen-bond acceptors (Lipinski definition) is 10. The van der Waals surface area contributed by atoms with Gasteiger partial charge in [0.15, 0.2) is 6.29 Å². The van der Waals surface area contributed by atoms with Crippen molar-refractivity contribution < 1.29 is 50.3 Å². The molecule has 26 heavy (non-hydrogen) atoms. The maximum Gasteiger partial charge on any atom is 0.187 e. The fraction of sp³-hybridized carbons (Fsp3) is 1.00. The van der Waals surface area contributed by atoms with Crippen LogP contribution in [-0.4, -0.2) is 109 Å². The lowest BCUT2D eigenvalue weighted by Crippen LogP contribution is -2.61. The number of ether oxygens (including phenoxy) is 2. The largest absolute Gasteiger partial charge is 0.394 e. The molecule has 1 fully saturated rings.